The molecule has 8 heteroatoms. The largest absolute Gasteiger partial charge is 0.481 e. The van der Waals surface area contributed by atoms with Crippen LogP contribution in [0.1, 0.15) is 32.2 Å². The van der Waals surface area contributed by atoms with Crippen LogP contribution in [0.3, 0.4) is 0 Å². The zero-order valence-electron chi connectivity index (χ0n) is 11.0. The van der Waals surface area contributed by atoms with E-state index in [9.17, 15) is 9.59 Å². The molecular formula is C12H15N5O3. The highest BCUT2D eigenvalue weighted by molar-refractivity contribution is 5.67. The molecule has 0 aromatic carbocycles. The minimum atomic E-state index is -0.911. The molecule has 0 saturated heterocycles. The normalized spacial score (nSPS) is 12.2. The van der Waals surface area contributed by atoms with E-state index in [1.54, 1.807) is 12.1 Å². The molecule has 2 aromatic heterocycles. The molecule has 2 heterocycles. The molecule has 2 N–H and O–H groups in total. The SMILES string of the molecule is CCCC(CC(=O)O)n1nnnc1-c1cccc(=O)[nH]1. The minimum absolute atomic E-state index is 0.0665. The van der Waals surface area contributed by atoms with Gasteiger partial charge in [-0.15, -0.1) is 5.10 Å². The van der Waals surface area contributed by atoms with Crippen molar-refractivity contribution in [3.63, 3.8) is 0 Å². The second kappa shape index (κ2) is 6.09. The second-order valence-corrected chi connectivity index (χ2v) is 4.42. The van der Waals surface area contributed by atoms with E-state index < -0.39 is 5.97 Å². The smallest absolute Gasteiger partial charge is 0.305 e. The van der Waals surface area contributed by atoms with E-state index in [1.807, 2.05) is 6.92 Å². The highest BCUT2D eigenvalue weighted by atomic mass is 16.4. The number of aromatic amines is 1. The van der Waals surface area contributed by atoms with Crippen molar-refractivity contribution in [2.24, 2.45) is 0 Å². The summed E-state index contributed by atoms with van der Waals surface area (Å²) >= 11 is 0. The fourth-order valence-electron chi connectivity index (χ4n) is 2.04. The lowest BCUT2D eigenvalue weighted by Gasteiger charge is -2.15. The number of nitrogens with one attached hydrogen (secondary N) is 1. The molecule has 0 aliphatic heterocycles. The summed E-state index contributed by atoms with van der Waals surface area (Å²) in [6.07, 6.45) is 1.38. The first-order valence-corrected chi connectivity index (χ1v) is 6.31. The number of pyridine rings is 1. The van der Waals surface area contributed by atoms with Gasteiger partial charge in [-0.1, -0.05) is 19.4 Å². The molecule has 0 saturated carbocycles. The predicted octanol–water partition coefficient (Wildman–Crippen LogP) is 0.844. The topological polar surface area (TPSA) is 114 Å². The van der Waals surface area contributed by atoms with E-state index in [4.69, 9.17) is 5.11 Å². The van der Waals surface area contributed by atoms with Gasteiger partial charge in [0.25, 0.3) is 0 Å². The molecule has 8 nitrogen and oxygen atoms in total. The number of aliphatic carboxylic acids is 1. The molecule has 106 valence electrons. The summed E-state index contributed by atoms with van der Waals surface area (Å²) in [4.78, 5) is 24.9. The van der Waals surface area contributed by atoms with Crippen molar-refractivity contribution in [2.45, 2.75) is 32.2 Å². The molecule has 0 spiro atoms. The van der Waals surface area contributed by atoms with Gasteiger partial charge < -0.3 is 10.1 Å². The lowest BCUT2D eigenvalue weighted by atomic mass is 10.1. The summed E-state index contributed by atoms with van der Waals surface area (Å²) in [7, 11) is 0. The Morgan fingerprint density at radius 1 is 1.50 bits per heavy atom. The maximum atomic E-state index is 11.3. The van der Waals surface area contributed by atoms with Crippen molar-refractivity contribution in [1.82, 2.24) is 25.2 Å². The number of carboxylic acid groups (broad SMARTS) is 1. The maximum absolute atomic E-state index is 11.3. The summed E-state index contributed by atoms with van der Waals surface area (Å²) < 4.78 is 1.46. The summed E-state index contributed by atoms with van der Waals surface area (Å²) in [6, 6.07) is 4.32. The second-order valence-electron chi connectivity index (χ2n) is 4.42. The Labute approximate surface area is 114 Å². The van der Waals surface area contributed by atoms with E-state index in [-0.39, 0.29) is 18.0 Å². The Hall–Kier alpha value is -2.51. The number of hydrogen-bond acceptors (Lipinski definition) is 5. The molecule has 2 rings (SSSR count). The van der Waals surface area contributed by atoms with Crippen molar-refractivity contribution < 1.29 is 9.90 Å². The number of carbonyl (C=O) groups is 1. The van der Waals surface area contributed by atoms with Crippen molar-refractivity contribution in [2.75, 3.05) is 0 Å². The monoisotopic (exact) mass is 277 g/mol. The van der Waals surface area contributed by atoms with Crippen LogP contribution in [-0.2, 0) is 4.79 Å². The van der Waals surface area contributed by atoms with Gasteiger partial charge in [-0.2, -0.15) is 0 Å². The molecule has 0 fully saturated rings. The first-order valence-electron chi connectivity index (χ1n) is 6.31. The molecule has 0 amide bonds. The van der Waals surface area contributed by atoms with Gasteiger partial charge in [0.2, 0.25) is 5.56 Å². The summed E-state index contributed by atoms with van der Waals surface area (Å²) in [5.74, 6) is -0.547. The molecule has 0 aliphatic carbocycles. The molecule has 0 bridgehead atoms. The lowest BCUT2D eigenvalue weighted by molar-refractivity contribution is -0.138. The van der Waals surface area contributed by atoms with Gasteiger partial charge in [0.15, 0.2) is 5.82 Å². The van der Waals surface area contributed by atoms with Crippen molar-refractivity contribution in [3.8, 4) is 11.5 Å². The zero-order valence-corrected chi connectivity index (χ0v) is 11.0. The zero-order chi connectivity index (χ0) is 14.5. The van der Waals surface area contributed by atoms with Gasteiger partial charge in [-0.05, 0) is 22.9 Å². The van der Waals surface area contributed by atoms with Crippen LogP contribution in [0, 0.1) is 0 Å². The average molecular weight is 277 g/mol. The van der Waals surface area contributed by atoms with Crippen molar-refractivity contribution >= 4 is 5.97 Å². The van der Waals surface area contributed by atoms with Crippen LogP contribution >= 0.6 is 0 Å². The first-order chi connectivity index (χ1) is 9.61. The highest BCUT2D eigenvalue weighted by Gasteiger charge is 2.20. The lowest BCUT2D eigenvalue weighted by Crippen LogP contribution is -2.17. The molecule has 1 unspecified atom stereocenters. The van der Waals surface area contributed by atoms with Crippen molar-refractivity contribution in [1.29, 1.82) is 0 Å². The average Bonchev–Trinajstić information content (AvgIpc) is 2.86. The summed E-state index contributed by atoms with van der Waals surface area (Å²) in [6.45, 7) is 1.96. The predicted molar refractivity (Wildman–Crippen MR) is 70.1 cm³/mol. The molecule has 0 radical (unpaired) electrons. The van der Waals surface area contributed by atoms with Gasteiger partial charge in [0, 0.05) is 6.07 Å². The molecule has 0 aliphatic rings. The first kappa shape index (κ1) is 13.9. The Morgan fingerprint density at radius 2 is 2.30 bits per heavy atom. The fraction of sp³-hybridized carbons (Fsp3) is 0.417. The number of H-pyrrole nitrogens is 1. The van der Waals surface area contributed by atoms with Crippen LogP contribution in [0.5, 0.6) is 0 Å². The van der Waals surface area contributed by atoms with Crippen LogP contribution < -0.4 is 5.56 Å². The van der Waals surface area contributed by atoms with E-state index in [2.05, 4.69) is 20.5 Å². The third kappa shape index (κ3) is 3.08. The molecular weight excluding hydrogens is 262 g/mol. The van der Waals surface area contributed by atoms with E-state index in [0.717, 1.165) is 6.42 Å². The van der Waals surface area contributed by atoms with Gasteiger partial charge >= 0.3 is 5.97 Å². The summed E-state index contributed by atoms with van der Waals surface area (Å²) in [5.41, 5.74) is 0.205. The van der Waals surface area contributed by atoms with Crippen LogP contribution in [0.2, 0.25) is 0 Å². The van der Waals surface area contributed by atoms with E-state index in [0.29, 0.717) is 17.9 Å². The number of aromatic nitrogens is 5. The van der Waals surface area contributed by atoms with Crippen LogP contribution in [0.15, 0.2) is 23.0 Å². The Kier molecular flexibility index (Phi) is 4.24. The van der Waals surface area contributed by atoms with E-state index >= 15 is 0 Å². The van der Waals surface area contributed by atoms with Gasteiger partial charge in [-0.25, -0.2) is 4.68 Å². The minimum Gasteiger partial charge on any atom is -0.481 e. The van der Waals surface area contributed by atoms with Crippen LogP contribution in [-0.4, -0.2) is 36.3 Å². The Bertz CT molecular complexity index is 648. The number of tetrazole rings is 1. The van der Waals surface area contributed by atoms with Crippen LogP contribution in [0.25, 0.3) is 11.5 Å². The third-order valence-corrected chi connectivity index (χ3v) is 2.88. The molecule has 2 aromatic rings. The number of rotatable bonds is 6. The van der Waals surface area contributed by atoms with Crippen LogP contribution in [0.4, 0.5) is 0 Å². The third-order valence-electron chi connectivity index (χ3n) is 2.88. The van der Waals surface area contributed by atoms with Crippen molar-refractivity contribution in [3.05, 3.63) is 28.6 Å². The number of hydrogen-bond donors (Lipinski definition) is 2. The van der Waals surface area contributed by atoms with Gasteiger partial charge in [0.1, 0.15) is 0 Å². The maximum Gasteiger partial charge on any atom is 0.305 e. The summed E-state index contributed by atoms with van der Waals surface area (Å²) in [5, 5.41) is 20.3. The molecule has 1 atom stereocenters. The fourth-order valence-corrected chi connectivity index (χ4v) is 2.04. The molecule has 20 heavy (non-hydrogen) atoms. The Balaban J connectivity index is 2.40. The van der Waals surface area contributed by atoms with Gasteiger partial charge in [-0.3, -0.25) is 9.59 Å². The Morgan fingerprint density at radius 3 is 2.95 bits per heavy atom. The number of nitrogens with zero attached hydrogens (tertiary/aromatic N) is 4. The standard InChI is InChI=1S/C12H15N5O3/c1-2-4-8(7-11(19)20)17-12(14-15-16-17)9-5-3-6-10(18)13-9/h3,5-6,8H,2,4,7H2,1H3,(H,13,18)(H,19,20). The highest BCUT2D eigenvalue weighted by Crippen LogP contribution is 2.22. The number of carboxylic acids is 1. The van der Waals surface area contributed by atoms with E-state index in [1.165, 1.54) is 10.7 Å². The quantitative estimate of drug-likeness (QED) is 0.808. The van der Waals surface area contributed by atoms with Gasteiger partial charge in [0.05, 0.1) is 18.2 Å².